The van der Waals surface area contributed by atoms with Gasteiger partial charge in [-0.1, -0.05) is 61.9 Å². The summed E-state index contributed by atoms with van der Waals surface area (Å²) in [5.74, 6) is 0. The van der Waals surface area contributed by atoms with E-state index in [0.29, 0.717) is 11.3 Å². The molecule has 0 fully saturated rings. The second-order valence-electron chi connectivity index (χ2n) is 8.57. The van der Waals surface area contributed by atoms with Gasteiger partial charge in [-0.3, -0.25) is 0 Å². The standard InChI is InChI=1S/C27H31F3N4/c1-5-6-24(32-23-13-11-20(12-14-23)19(4)31-16-15-18(2)3)21-7-9-22(10-8-21)25-17-26(34-33-25)27(28,29)30/h7-14,24,31-32H,2,4-6,15-17H2,1,3H3. The molecule has 0 bridgehead atoms. The minimum absolute atomic E-state index is 0.0781. The quantitative estimate of drug-likeness (QED) is 0.341. The third kappa shape index (κ3) is 6.83. The van der Waals surface area contributed by atoms with Crippen molar-refractivity contribution in [1.82, 2.24) is 5.32 Å². The second kappa shape index (κ2) is 11.2. The lowest BCUT2D eigenvalue weighted by molar-refractivity contribution is -0.0596. The van der Waals surface area contributed by atoms with Crippen LogP contribution in [0.2, 0.25) is 0 Å². The van der Waals surface area contributed by atoms with Crippen molar-refractivity contribution in [3.05, 3.63) is 84.0 Å². The Kier molecular flexibility index (Phi) is 8.31. The summed E-state index contributed by atoms with van der Waals surface area (Å²) in [4.78, 5) is 0. The van der Waals surface area contributed by atoms with E-state index in [9.17, 15) is 13.2 Å². The molecular weight excluding hydrogens is 437 g/mol. The third-order valence-corrected chi connectivity index (χ3v) is 5.64. The van der Waals surface area contributed by atoms with Crippen LogP contribution in [0.15, 0.2) is 77.5 Å². The third-order valence-electron chi connectivity index (χ3n) is 5.64. The van der Waals surface area contributed by atoms with E-state index in [1.165, 1.54) is 0 Å². The Balaban J connectivity index is 1.63. The highest BCUT2D eigenvalue weighted by Crippen LogP contribution is 2.28. The summed E-state index contributed by atoms with van der Waals surface area (Å²) in [7, 11) is 0. The number of hydrogen-bond donors (Lipinski definition) is 2. The van der Waals surface area contributed by atoms with E-state index in [-0.39, 0.29) is 12.5 Å². The molecule has 2 aromatic rings. The van der Waals surface area contributed by atoms with Crippen molar-refractivity contribution >= 4 is 22.8 Å². The van der Waals surface area contributed by atoms with Crippen LogP contribution in [0.5, 0.6) is 0 Å². The average Bonchev–Trinajstić information content (AvgIpc) is 3.30. The van der Waals surface area contributed by atoms with Crippen LogP contribution in [0, 0.1) is 0 Å². The Morgan fingerprint density at radius 2 is 1.71 bits per heavy atom. The minimum Gasteiger partial charge on any atom is -0.385 e. The molecule has 0 aliphatic carbocycles. The number of alkyl halides is 3. The summed E-state index contributed by atoms with van der Waals surface area (Å²) in [6.07, 6.45) is -1.93. The molecule has 3 rings (SSSR count). The maximum Gasteiger partial charge on any atom is 0.431 e. The Labute approximate surface area is 199 Å². The molecule has 0 amide bonds. The van der Waals surface area contributed by atoms with E-state index in [1.54, 1.807) is 0 Å². The van der Waals surface area contributed by atoms with Crippen LogP contribution >= 0.6 is 0 Å². The van der Waals surface area contributed by atoms with Crippen LogP contribution in [0.3, 0.4) is 0 Å². The normalized spacial score (nSPS) is 14.3. The van der Waals surface area contributed by atoms with E-state index >= 15 is 0 Å². The van der Waals surface area contributed by atoms with Crippen LogP contribution in [0.1, 0.15) is 62.3 Å². The first-order valence-electron chi connectivity index (χ1n) is 11.4. The number of anilines is 1. The number of benzene rings is 2. The first kappa shape index (κ1) is 25.3. The summed E-state index contributed by atoms with van der Waals surface area (Å²) in [6, 6.07) is 15.7. The molecule has 7 heteroatoms. The van der Waals surface area contributed by atoms with E-state index in [0.717, 1.165) is 53.9 Å². The van der Waals surface area contributed by atoms with E-state index in [4.69, 9.17) is 0 Å². The summed E-state index contributed by atoms with van der Waals surface area (Å²) in [5, 5.41) is 13.9. The number of rotatable bonds is 11. The van der Waals surface area contributed by atoms with Gasteiger partial charge < -0.3 is 10.6 Å². The summed E-state index contributed by atoms with van der Waals surface area (Å²) < 4.78 is 38.5. The highest BCUT2D eigenvalue weighted by atomic mass is 19.4. The second-order valence-corrected chi connectivity index (χ2v) is 8.57. The zero-order chi connectivity index (χ0) is 24.7. The number of nitrogens with one attached hydrogen (secondary N) is 2. The maximum absolute atomic E-state index is 12.8. The Bertz CT molecular complexity index is 1060. The number of hydrogen-bond acceptors (Lipinski definition) is 4. The van der Waals surface area contributed by atoms with Gasteiger partial charge in [-0.05, 0) is 48.6 Å². The van der Waals surface area contributed by atoms with Gasteiger partial charge in [0.25, 0.3) is 0 Å². The van der Waals surface area contributed by atoms with Crippen LogP contribution in [-0.2, 0) is 0 Å². The molecule has 0 saturated heterocycles. The molecule has 34 heavy (non-hydrogen) atoms. The van der Waals surface area contributed by atoms with Crippen molar-refractivity contribution in [2.75, 3.05) is 11.9 Å². The van der Waals surface area contributed by atoms with Crippen molar-refractivity contribution in [3.63, 3.8) is 0 Å². The molecule has 2 aromatic carbocycles. The molecule has 0 aromatic heterocycles. The fraction of sp³-hybridized carbons (Fsp3) is 0.333. The molecule has 1 aliphatic rings. The van der Waals surface area contributed by atoms with Gasteiger partial charge in [-0.2, -0.15) is 18.3 Å². The monoisotopic (exact) mass is 468 g/mol. The lowest BCUT2D eigenvalue weighted by Crippen LogP contribution is -2.23. The average molecular weight is 469 g/mol. The van der Waals surface area contributed by atoms with Crippen LogP contribution in [0.25, 0.3) is 5.70 Å². The molecule has 4 nitrogen and oxygen atoms in total. The van der Waals surface area contributed by atoms with Crippen molar-refractivity contribution < 1.29 is 13.2 Å². The van der Waals surface area contributed by atoms with Gasteiger partial charge in [0.2, 0.25) is 0 Å². The topological polar surface area (TPSA) is 48.8 Å². The van der Waals surface area contributed by atoms with Gasteiger partial charge in [0.05, 0.1) is 11.8 Å². The van der Waals surface area contributed by atoms with E-state index in [1.807, 2.05) is 55.5 Å². The van der Waals surface area contributed by atoms with Crippen molar-refractivity contribution in [3.8, 4) is 0 Å². The molecule has 1 unspecified atom stereocenters. The van der Waals surface area contributed by atoms with Crippen molar-refractivity contribution in [2.24, 2.45) is 10.2 Å². The first-order valence-corrected chi connectivity index (χ1v) is 11.4. The molecule has 1 aliphatic heterocycles. The molecule has 2 N–H and O–H groups in total. The Morgan fingerprint density at radius 3 is 2.26 bits per heavy atom. The molecule has 0 spiro atoms. The first-order chi connectivity index (χ1) is 16.2. The highest BCUT2D eigenvalue weighted by molar-refractivity contribution is 6.16. The summed E-state index contributed by atoms with van der Waals surface area (Å²) >= 11 is 0. The van der Waals surface area contributed by atoms with Gasteiger partial charge >= 0.3 is 6.18 Å². The predicted octanol–water partition coefficient (Wildman–Crippen LogP) is 7.28. The molecule has 0 saturated carbocycles. The Morgan fingerprint density at radius 1 is 1.03 bits per heavy atom. The number of halogens is 3. The van der Waals surface area contributed by atoms with E-state index < -0.39 is 11.9 Å². The van der Waals surface area contributed by atoms with Gasteiger partial charge in [0.15, 0.2) is 0 Å². The fourth-order valence-corrected chi connectivity index (χ4v) is 3.68. The van der Waals surface area contributed by atoms with Crippen LogP contribution < -0.4 is 10.6 Å². The molecular formula is C27H31F3N4. The number of nitrogens with zero attached hydrogens (tertiary/aromatic N) is 2. The molecule has 1 heterocycles. The Hall–Kier alpha value is -3.35. The van der Waals surface area contributed by atoms with Crippen molar-refractivity contribution in [2.45, 2.75) is 51.7 Å². The largest absolute Gasteiger partial charge is 0.431 e. The molecule has 180 valence electrons. The lowest BCUT2D eigenvalue weighted by Gasteiger charge is -2.21. The van der Waals surface area contributed by atoms with Gasteiger partial charge in [0, 0.05) is 24.4 Å². The van der Waals surface area contributed by atoms with Crippen molar-refractivity contribution in [1.29, 1.82) is 0 Å². The highest BCUT2D eigenvalue weighted by Gasteiger charge is 2.38. The minimum atomic E-state index is -4.44. The zero-order valence-electron chi connectivity index (χ0n) is 19.7. The maximum atomic E-state index is 12.8. The summed E-state index contributed by atoms with van der Waals surface area (Å²) in [5.41, 5.74) is 5.23. The predicted molar refractivity (Wildman–Crippen MR) is 135 cm³/mol. The van der Waals surface area contributed by atoms with Gasteiger partial charge in [0.1, 0.15) is 5.71 Å². The van der Waals surface area contributed by atoms with Crippen LogP contribution in [0.4, 0.5) is 18.9 Å². The fourth-order valence-electron chi connectivity index (χ4n) is 3.68. The molecule has 0 radical (unpaired) electrons. The smallest absolute Gasteiger partial charge is 0.385 e. The summed E-state index contributed by atoms with van der Waals surface area (Å²) in [6.45, 7) is 12.9. The lowest BCUT2D eigenvalue weighted by atomic mass is 9.98. The zero-order valence-corrected chi connectivity index (χ0v) is 19.7. The van der Waals surface area contributed by atoms with Crippen LogP contribution in [-0.4, -0.2) is 24.1 Å². The molecule has 1 atom stereocenters. The van der Waals surface area contributed by atoms with E-state index in [2.05, 4.69) is 40.9 Å². The van der Waals surface area contributed by atoms with Gasteiger partial charge in [-0.25, -0.2) is 0 Å². The van der Waals surface area contributed by atoms with Gasteiger partial charge in [-0.15, -0.1) is 11.7 Å². The SMILES string of the molecule is C=C(C)CCNC(=C)c1ccc(NC(CCC)c2ccc(C3=NN=C(C(F)(F)F)C3)cc2)cc1.